The molecule has 0 radical (unpaired) electrons. The van der Waals surface area contributed by atoms with Crippen molar-refractivity contribution < 1.29 is 17.6 Å². The summed E-state index contributed by atoms with van der Waals surface area (Å²) in [6.07, 6.45) is 8.54. The summed E-state index contributed by atoms with van der Waals surface area (Å²) in [5.41, 5.74) is 6.78. The zero-order valence-electron chi connectivity index (χ0n) is 23.7. The fourth-order valence-corrected chi connectivity index (χ4v) is 7.33. The number of hydrogen-bond acceptors (Lipinski definition) is 7. The fraction of sp³-hybridized carbons (Fsp3) is 0.556. The number of hydrogen-bond donors (Lipinski definition) is 0. The molecule has 2 atom stereocenters. The van der Waals surface area contributed by atoms with Crippen LogP contribution < -0.4 is 9.13 Å². The molecule has 8 nitrogen and oxygen atoms in total. The molecule has 200 valence electrons. The van der Waals surface area contributed by atoms with Crippen molar-refractivity contribution in [2.45, 2.75) is 96.3 Å². The summed E-state index contributed by atoms with van der Waals surface area (Å²) in [6.45, 7) is 17.6. The molecule has 37 heavy (non-hydrogen) atoms. The highest BCUT2D eigenvalue weighted by Gasteiger charge is 2.30. The minimum absolute atomic E-state index is 0.0140. The molecule has 3 heterocycles. The van der Waals surface area contributed by atoms with Crippen LogP contribution in [-0.2, 0) is 22.9 Å². The van der Waals surface area contributed by atoms with Crippen molar-refractivity contribution in [3.63, 3.8) is 0 Å². The third-order valence-electron chi connectivity index (χ3n) is 6.92. The smallest absolute Gasteiger partial charge is 0.241 e. The van der Waals surface area contributed by atoms with Crippen LogP contribution in [0.3, 0.4) is 0 Å². The number of sulfone groups is 1. The molecule has 0 aromatic carbocycles. The lowest BCUT2D eigenvalue weighted by Crippen LogP contribution is -2.45. The maximum absolute atomic E-state index is 12.7. The minimum Gasteiger partial charge on any atom is -0.241 e. The van der Waals surface area contributed by atoms with E-state index in [-0.39, 0.29) is 11.8 Å². The predicted molar refractivity (Wildman–Crippen MR) is 146 cm³/mol. The van der Waals surface area contributed by atoms with E-state index in [0.29, 0.717) is 23.1 Å². The first-order chi connectivity index (χ1) is 17.3. The quantitative estimate of drug-likeness (QED) is 0.229. The molecular weight excluding hydrogens is 504 g/mol. The van der Waals surface area contributed by atoms with Gasteiger partial charge in [-0.1, -0.05) is 49.4 Å². The lowest BCUT2D eigenvalue weighted by Gasteiger charge is -2.21. The van der Waals surface area contributed by atoms with E-state index in [0.717, 1.165) is 39.9 Å². The van der Waals surface area contributed by atoms with Gasteiger partial charge in [0, 0.05) is 43.2 Å². The van der Waals surface area contributed by atoms with Gasteiger partial charge in [-0.3, -0.25) is 0 Å². The molecule has 0 aliphatic heterocycles. The molecular formula is C27H40N6O2S2+2. The summed E-state index contributed by atoms with van der Waals surface area (Å²) in [6, 6.07) is 0. The van der Waals surface area contributed by atoms with Crippen LogP contribution in [0, 0.1) is 27.7 Å². The van der Waals surface area contributed by atoms with Gasteiger partial charge in [0.1, 0.15) is 6.33 Å². The SMILES string of the molecule is CSc1c(C(C)C[n+]2cnc(C)c(C)c2S(C)(=O)=O)c(C)nc[n+]1CC(C)c1c(C)ncnc1C(C)C. The van der Waals surface area contributed by atoms with Crippen LogP contribution in [0.1, 0.15) is 84.9 Å². The summed E-state index contributed by atoms with van der Waals surface area (Å²) < 4.78 is 29.3. The molecule has 0 fully saturated rings. The minimum atomic E-state index is -3.43. The number of nitrogens with zero attached hydrogens (tertiary/aromatic N) is 6. The first kappa shape index (κ1) is 29.1. The van der Waals surface area contributed by atoms with Gasteiger partial charge in [-0.25, -0.2) is 27.5 Å². The highest BCUT2D eigenvalue weighted by Crippen LogP contribution is 2.30. The molecule has 2 unspecified atom stereocenters. The molecule has 10 heteroatoms. The number of thioether (sulfide) groups is 1. The molecule has 0 aliphatic rings. The molecule has 0 N–H and O–H groups in total. The maximum Gasteiger partial charge on any atom is 0.287 e. The number of aryl methyl sites for hydroxylation is 3. The van der Waals surface area contributed by atoms with Gasteiger partial charge in [-0.2, -0.15) is 0 Å². The number of rotatable bonds is 9. The first-order valence-corrected chi connectivity index (χ1v) is 15.7. The molecule has 3 aromatic rings. The van der Waals surface area contributed by atoms with Crippen molar-refractivity contribution in [2.24, 2.45) is 0 Å². The molecule has 0 saturated carbocycles. The van der Waals surface area contributed by atoms with Crippen LogP contribution in [0.4, 0.5) is 0 Å². The second-order valence-corrected chi connectivity index (χ2v) is 13.0. The highest BCUT2D eigenvalue weighted by molar-refractivity contribution is 7.98. The van der Waals surface area contributed by atoms with Crippen LogP contribution >= 0.6 is 11.8 Å². The summed E-state index contributed by atoms with van der Waals surface area (Å²) in [4.78, 5) is 18.3. The Hall–Kier alpha value is -2.46. The summed E-state index contributed by atoms with van der Waals surface area (Å²) >= 11 is 1.69. The third kappa shape index (κ3) is 6.17. The van der Waals surface area contributed by atoms with Crippen LogP contribution in [0.15, 0.2) is 29.0 Å². The Bertz CT molecular complexity index is 1410. The predicted octanol–water partition coefficient (Wildman–Crippen LogP) is 3.93. The molecule has 0 saturated heterocycles. The van der Waals surface area contributed by atoms with Gasteiger partial charge in [0.25, 0.3) is 12.7 Å². The second kappa shape index (κ2) is 11.5. The third-order valence-corrected chi connectivity index (χ3v) is 9.00. The number of aromatic nitrogens is 6. The van der Waals surface area contributed by atoms with E-state index in [9.17, 15) is 8.42 Å². The van der Waals surface area contributed by atoms with Gasteiger partial charge in [-0.15, -0.1) is 0 Å². The van der Waals surface area contributed by atoms with Gasteiger partial charge in [0.2, 0.25) is 14.9 Å². The Morgan fingerprint density at radius 2 is 1.35 bits per heavy atom. The first-order valence-electron chi connectivity index (χ1n) is 12.6. The van der Waals surface area contributed by atoms with Crippen LogP contribution in [-0.4, -0.2) is 40.9 Å². The van der Waals surface area contributed by atoms with E-state index < -0.39 is 9.84 Å². The van der Waals surface area contributed by atoms with Gasteiger partial charge in [0.15, 0.2) is 16.4 Å². The van der Waals surface area contributed by atoms with E-state index in [1.807, 2.05) is 27.1 Å². The van der Waals surface area contributed by atoms with E-state index in [2.05, 4.69) is 60.4 Å². The van der Waals surface area contributed by atoms with Crippen molar-refractivity contribution in [3.05, 3.63) is 58.4 Å². The molecule has 0 spiro atoms. The van der Waals surface area contributed by atoms with Gasteiger partial charge >= 0.3 is 0 Å². The Balaban J connectivity index is 2.04. The molecule has 3 rings (SSSR count). The Labute approximate surface area is 226 Å². The summed E-state index contributed by atoms with van der Waals surface area (Å²) in [5, 5.41) is 1.45. The largest absolute Gasteiger partial charge is 0.287 e. The molecule has 0 amide bonds. The standard InChI is InChI=1S/C27H40N6O2S2/c1-16(2)25-23(21(7)28-13-29-25)17(3)11-32-14-31-22(8)24(26(32)36-9)18(4)12-33-15-30-20(6)19(5)27(33)37(10,34)35/h13-18H,11-12H2,1-10H3/q+2. The normalized spacial score (nSPS) is 13.7. The van der Waals surface area contributed by atoms with Crippen molar-refractivity contribution in [3.8, 4) is 0 Å². The Morgan fingerprint density at radius 3 is 1.95 bits per heavy atom. The van der Waals surface area contributed by atoms with E-state index >= 15 is 0 Å². The lowest BCUT2D eigenvalue weighted by molar-refractivity contribution is -0.744. The van der Waals surface area contributed by atoms with Crippen molar-refractivity contribution in [1.82, 2.24) is 19.9 Å². The van der Waals surface area contributed by atoms with Gasteiger partial charge < -0.3 is 0 Å². The van der Waals surface area contributed by atoms with E-state index in [1.54, 1.807) is 29.0 Å². The van der Waals surface area contributed by atoms with Crippen LogP contribution in [0.25, 0.3) is 0 Å². The lowest BCUT2D eigenvalue weighted by atomic mass is 9.92. The van der Waals surface area contributed by atoms with Crippen LogP contribution in [0.2, 0.25) is 0 Å². The molecule has 0 aliphatic carbocycles. The van der Waals surface area contributed by atoms with E-state index in [4.69, 9.17) is 4.98 Å². The van der Waals surface area contributed by atoms with Gasteiger partial charge in [-0.05, 0) is 26.0 Å². The topological polar surface area (TPSA) is 93.5 Å². The van der Waals surface area contributed by atoms with Gasteiger partial charge in [0.05, 0.1) is 29.9 Å². The average Bonchev–Trinajstić information content (AvgIpc) is 2.80. The summed E-state index contributed by atoms with van der Waals surface area (Å²) in [7, 11) is -3.43. The zero-order valence-corrected chi connectivity index (χ0v) is 25.3. The molecule has 0 bridgehead atoms. The Morgan fingerprint density at radius 1 is 0.811 bits per heavy atom. The average molecular weight is 545 g/mol. The van der Waals surface area contributed by atoms with Crippen molar-refractivity contribution in [2.75, 3.05) is 12.5 Å². The molecule has 3 aromatic heterocycles. The summed E-state index contributed by atoms with van der Waals surface area (Å²) in [5.74, 6) is 0.515. The van der Waals surface area contributed by atoms with E-state index in [1.165, 1.54) is 11.8 Å². The maximum atomic E-state index is 12.7. The fourth-order valence-electron chi connectivity index (χ4n) is 5.15. The Kier molecular flexibility index (Phi) is 9.06. The monoisotopic (exact) mass is 544 g/mol. The second-order valence-electron chi connectivity index (χ2n) is 10.3. The van der Waals surface area contributed by atoms with Crippen molar-refractivity contribution >= 4 is 21.6 Å². The zero-order chi connectivity index (χ0) is 27.7. The van der Waals surface area contributed by atoms with Crippen molar-refractivity contribution in [1.29, 1.82) is 0 Å². The highest BCUT2D eigenvalue weighted by atomic mass is 32.2. The van der Waals surface area contributed by atoms with Crippen LogP contribution in [0.5, 0.6) is 0 Å².